The summed E-state index contributed by atoms with van der Waals surface area (Å²) in [6.45, 7) is 3.03. The Bertz CT molecular complexity index is 921. The molecule has 0 saturated heterocycles. The molecule has 0 unspecified atom stereocenters. The minimum Gasteiger partial charge on any atom is -0.337 e. The van der Waals surface area contributed by atoms with Crippen LogP contribution in [0.15, 0.2) is 48.5 Å². The van der Waals surface area contributed by atoms with Gasteiger partial charge in [-0.1, -0.05) is 140 Å². The number of para-hydroxylation sites is 2. The number of hydrogen-bond donors (Lipinski definition) is 1. The molecule has 1 heterocycles. The van der Waals surface area contributed by atoms with Gasteiger partial charge in [-0.15, -0.1) is 0 Å². The van der Waals surface area contributed by atoms with Gasteiger partial charge in [-0.3, -0.25) is 4.57 Å². The molecule has 0 aliphatic heterocycles. The first-order valence-corrected chi connectivity index (χ1v) is 14.1. The van der Waals surface area contributed by atoms with Crippen LogP contribution >= 0.6 is 0 Å². The van der Waals surface area contributed by atoms with Gasteiger partial charge in [0.1, 0.15) is 0 Å². The number of carbonyl (C=O) groups excluding carboxylic acids is 1. The summed E-state index contributed by atoms with van der Waals surface area (Å²) >= 11 is 0. The Labute approximate surface area is 207 Å². The van der Waals surface area contributed by atoms with Crippen LogP contribution in [0.5, 0.6) is 0 Å². The second-order valence-electron chi connectivity index (χ2n) is 9.90. The van der Waals surface area contributed by atoms with Gasteiger partial charge in [0.05, 0.1) is 11.0 Å². The Balaban J connectivity index is 1.21. The minimum atomic E-state index is -0.0154. The summed E-state index contributed by atoms with van der Waals surface area (Å²) in [6.07, 6.45) is 21.8. The molecule has 186 valence electrons. The van der Waals surface area contributed by atoms with Gasteiger partial charge in [-0.2, -0.15) is 0 Å². The molecule has 0 atom stereocenters. The number of aromatic nitrogens is 1. The number of unbranched alkanes of at least 4 members (excludes halogenated alkanes) is 15. The average molecular weight is 463 g/mol. The Morgan fingerprint density at radius 1 is 0.588 bits per heavy atom. The van der Waals surface area contributed by atoms with Crippen molar-refractivity contribution >= 4 is 27.8 Å². The first-order valence-electron chi connectivity index (χ1n) is 14.1. The Hall–Kier alpha value is -2.29. The van der Waals surface area contributed by atoms with E-state index in [1.54, 1.807) is 0 Å². The van der Waals surface area contributed by atoms with Crippen LogP contribution in [0.4, 0.5) is 4.79 Å². The molecular formula is C31H46N2O. The van der Waals surface area contributed by atoms with Gasteiger partial charge in [0, 0.05) is 17.3 Å². The van der Waals surface area contributed by atoms with Gasteiger partial charge in [-0.05, 0) is 18.6 Å². The third kappa shape index (κ3) is 8.18. The van der Waals surface area contributed by atoms with Gasteiger partial charge in [-0.25, -0.2) is 4.79 Å². The zero-order chi connectivity index (χ0) is 23.8. The van der Waals surface area contributed by atoms with Crippen LogP contribution in [-0.4, -0.2) is 17.1 Å². The van der Waals surface area contributed by atoms with E-state index in [0.717, 1.165) is 34.8 Å². The molecule has 3 nitrogen and oxygen atoms in total. The fourth-order valence-corrected chi connectivity index (χ4v) is 5.09. The molecule has 1 amide bonds. The molecular weight excluding hydrogens is 416 g/mol. The fraction of sp³-hybridized carbons (Fsp3) is 0.581. The largest absolute Gasteiger partial charge is 0.337 e. The lowest BCUT2D eigenvalue weighted by Gasteiger charge is -2.08. The van der Waals surface area contributed by atoms with E-state index < -0.39 is 0 Å². The molecule has 1 N–H and O–H groups in total. The third-order valence-corrected chi connectivity index (χ3v) is 7.09. The van der Waals surface area contributed by atoms with Crippen molar-refractivity contribution in [1.29, 1.82) is 0 Å². The van der Waals surface area contributed by atoms with E-state index >= 15 is 0 Å². The van der Waals surface area contributed by atoms with Crippen molar-refractivity contribution in [2.45, 2.75) is 110 Å². The minimum absolute atomic E-state index is 0.0154. The predicted octanol–water partition coefficient (Wildman–Crippen LogP) is 9.61. The second-order valence-corrected chi connectivity index (χ2v) is 9.90. The van der Waals surface area contributed by atoms with Gasteiger partial charge >= 0.3 is 6.03 Å². The van der Waals surface area contributed by atoms with Crippen LogP contribution in [0.25, 0.3) is 21.8 Å². The number of rotatable bonds is 17. The van der Waals surface area contributed by atoms with Crippen molar-refractivity contribution in [2.75, 3.05) is 6.54 Å². The fourth-order valence-electron chi connectivity index (χ4n) is 5.09. The Morgan fingerprint density at radius 3 is 1.41 bits per heavy atom. The molecule has 1 aromatic heterocycles. The van der Waals surface area contributed by atoms with E-state index in [0.29, 0.717) is 0 Å². The van der Waals surface area contributed by atoms with Crippen LogP contribution < -0.4 is 5.32 Å². The highest BCUT2D eigenvalue weighted by atomic mass is 16.2. The number of hydrogen-bond acceptors (Lipinski definition) is 1. The van der Waals surface area contributed by atoms with E-state index in [1.807, 2.05) is 41.0 Å². The van der Waals surface area contributed by atoms with Crippen molar-refractivity contribution in [3.05, 3.63) is 48.5 Å². The number of nitrogens with one attached hydrogen (secondary N) is 1. The maximum absolute atomic E-state index is 12.9. The molecule has 2 aromatic carbocycles. The molecule has 0 bridgehead atoms. The molecule has 34 heavy (non-hydrogen) atoms. The van der Waals surface area contributed by atoms with Crippen LogP contribution in [0, 0.1) is 0 Å². The second kappa shape index (κ2) is 15.6. The van der Waals surface area contributed by atoms with Crippen LogP contribution in [0.3, 0.4) is 0 Å². The van der Waals surface area contributed by atoms with Gasteiger partial charge in [0.2, 0.25) is 0 Å². The monoisotopic (exact) mass is 462 g/mol. The summed E-state index contributed by atoms with van der Waals surface area (Å²) in [6, 6.07) is 16.3. The van der Waals surface area contributed by atoms with E-state index in [2.05, 4.69) is 24.4 Å². The number of nitrogens with zero attached hydrogens (tertiary/aromatic N) is 1. The Morgan fingerprint density at radius 2 is 0.971 bits per heavy atom. The van der Waals surface area contributed by atoms with E-state index in [1.165, 1.54) is 96.3 Å². The lowest BCUT2D eigenvalue weighted by atomic mass is 10.0. The highest BCUT2D eigenvalue weighted by Gasteiger charge is 2.14. The number of carbonyl (C=O) groups is 1. The third-order valence-electron chi connectivity index (χ3n) is 7.09. The molecule has 0 saturated carbocycles. The van der Waals surface area contributed by atoms with Crippen LogP contribution in [-0.2, 0) is 0 Å². The highest BCUT2D eigenvalue weighted by molar-refractivity contribution is 6.13. The topological polar surface area (TPSA) is 34.0 Å². The molecule has 0 aliphatic rings. The quantitative estimate of drug-likeness (QED) is 0.199. The maximum atomic E-state index is 12.9. The molecule has 3 heteroatoms. The first kappa shape index (κ1) is 26.3. The zero-order valence-electron chi connectivity index (χ0n) is 21.5. The standard InChI is InChI=1S/C31H46N2O/c1-2-3-4-5-6-7-8-9-10-11-12-13-14-15-16-21-26-32-31(34)33-29-24-19-17-22-27(29)28-23-18-20-25-30(28)33/h17-20,22-25H,2-16,21,26H2,1H3,(H,32,34). The summed E-state index contributed by atoms with van der Waals surface area (Å²) in [5, 5.41) is 5.41. The van der Waals surface area contributed by atoms with Crippen LogP contribution in [0.1, 0.15) is 110 Å². The molecule has 0 fully saturated rings. The van der Waals surface area contributed by atoms with E-state index in [9.17, 15) is 4.79 Å². The summed E-state index contributed by atoms with van der Waals surface area (Å²) in [5.41, 5.74) is 1.96. The van der Waals surface area contributed by atoms with Crippen molar-refractivity contribution in [2.24, 2.45) is 0 Å². The van der Waals surface area contributed by atoms with Crippen molar-refractivity contribution < 1.29 is 4.79 Å². The summed E-state index contributed by atoms with van der Waals surface area (Å²) < 4.78 is 1.83. The molecule has 0 radical (unpaired) electrons. The molecule has 0 spiro atoms. The highest BCUT2D eigenvalue weighted by Crippen LogP contribution is 2.28. The average Bonchev–Trinajstić information content (AvgIpc) is 3.20. The van der Waals surface area contributed by atoms with E-state index in [-0.39, 0.29) is 6.03 Å². The van der Waals surface area contributed by atoms with Crippen LogP contribution in [0.2, 0.25) is 0 Å². The SMILES string of the molecule is CCCCCCCCCCCCCCCCCCNC(=O)n1c2ccccc2c2ccccc21. The molecule has 0 aliphatic carbocycles. The number of fused-ring (bicyclic) bond motifs is 3. The number of benzene rings is 2. The van der Waals surface area contributed by atoms with E-state index in [4.69, 9.17) is 0 Å². The van der Waals surface area contributed by atoms with Crippen molar-refractivity contribution in [1.82, 2.24) is 9.88 Å². The number of amides is 1. The van der Waals surface area contributed by atoms with Gasteiger partial charge in [0.15, 0.2) is 0 Å². The predicted molar refractivity (Wildman–Crippen MR) is 148 cm³/mol. The zero-order valence-corrected chi connectivity index (χ0v) is 21.5. The molecule has 3 aromatic rings. The van der Waals surface area contributed by atoms with Gasteiger partial charge < -0.3 is 5.32 Å². The first-order chi connectivity index (χ1) is 16.8. The van der Waals surface area contributed by atoms with Crippen molar-refractivity contribution in [3.8, 4) is 0 Å². The smallest absolute Gasteiger partial charge is 0.326 e. The Kier molecular flexibility index (Phi) is 12.1. The molecule has 3 rings (SSSR count). The lowest BCUT2D eigenvalue weighted by molar-refractivity contribution is 0.244. The summed E-state index contributed by atoms with van der Waals surface area (Å²) in [7, 11) is 0. The summed E-state index contributed by atoms with van der Waals surface area (Å²) in [5.74, 6) is 0. The summed E-state index contributed by atoms with van der Waals surface area (Å²) in [4.78, 5) is 12.9. The van der Waals surface area contributed by atoms with Gasteiger partial charge in [0.25, 0.3) is 0 Å². The lowest BCUT2D eigenvalue weighted by Crippen LogP contribution is -2.29. The van der Waals surface area contributed by atoms with Crippen molar-refractivity contribution in [3.63, 3.8) is 0 Å². The normalized spacial score (nSPS) is 11.4. The maximum Gasteiger partial charge on any atom is 0.326 e.